The summed E-state index contributed by atoms with van der Waals surface area (Å²) in [6.45, 7) is 4.24. The predicted molar refractivity (Wildman–Crippen MR) is 93.7 cm³/mol. The molecule has 0 aliphatic rings. The Balaban J connectivity index is 2.12. The zero-order valence-corrected chi connectivity index (χ0v) is 14.8. The standard InChI is InChI=1S/C17H19BrClNO/c1-11-8-14(18)10-16(21-3)17(11)20-12(2)9-13-4-6-15(19)7-5-13/h4-8,10,12,20H,9H2,1-3H3. The number of benzene rings is 2. The number of ether oxygens (including phenoxy) is 1. The van der Waals surface area contributed by atoms with Gasteiger partial charge in [-0.15, -0.1) is 0 Å². The van der Waals surface area contributed by atoms with E-state index in [1.54, 1.807) is 7.11 Å². The van der Waals surface area contributed by atoms with E-state index in [0.717, 1.165) is 32.9 Å². The number of hydrogen-bond acceptors (Lipinski definition) is 2. The number of hydrogen-bond donors (Lipinski definition) is 1. The van der Waals surface area contributed by atoms with Gasteiger partial charge in [-0.1, -0.05) is 39.7 Å². The maximum Gasteiger partial charge on any atom is 0.143 e. The summed E-state index contributed by atoms with van der Waals surface area (Å²) < 4.78 is 6.48. The van der Waals surface area contributed by atoms with E-state index in [2.05, 4.69) is 53.3 Å². The Bertz CT molecular complexity index is 613. The smallest absolute Gasteiger partial charge is 0.143 e. The van der Waals surface area contributed by atoms with Crippen LogP contribution in [0.15, 0.2) is 40.9 Å². The zero-order valence-electron chi connectivity index (χ0n) is 12.4. The molecule has 0 bridgehead atoms. The van der Waals surface area contributed by atoms with Gasteiger partial charge in [0.1, 0.15) is 5.75 Å². The van der Waals surface area contributed by atoms with Gasteiger partial charge in [0.25, 0.3) is 0 Å². The molecule has 0 aliphatic heterocycles. The van der Waals surface area contributed by atoms with Crippen molar-refractivity contribution in [1.29, 1.82) is 0 Å². The molecule has 21 heavy (non-hydrogen) atoms. The Morgan fingerprint density at radius 2 is 1.90 bits per heavy atom. The summed E-state index contributed by atoms with van der Waals surface area (Å²) in [5.74, 6) is 0.852. The summed E-state index contributed by atoms with van der Waals surface area (Å²) in [6, 6.07) is 12.3. The molecule has 0 saturated carbocycles. The number of rotatable bonds is 5. The van der Waals surface area contributed by atoms with E-state index in [9.17, 15) is 0 Å². The highest BCUT2D eigenvalue weighted by Gasteiger charge is 2.11. The quantitative estimate of drug-likeness (QED) is 0.756. The Morgan fingerprint density at radius 1 is 1.24 bits per heavy atom. The molecule has 0 spiro atoms. The Morgan fingerprint density at radius 3 is 2.52 bits per heavy atom. The van der Waals surface area contributed by atoms with Gasteiger partial charge in [0.15, 0.2) is 0 Å². The monoisotopic (exact) mass is 367 g/mol. The van der Waals surface area contributed by atoms with Crippen molar-refractivity contribution in [3.8, 4) is 5.75 Å². The van der Waals surface area contributed by atoms with Gasteiger partial charge in [-0.2, -0.15) is 0 Å². The SMILES string of the molecule is COc1cc(Br)cc(C)c1NC(C)Cc1ccc(Cl)cc1. The molecule has 2 nitrogen and oxygen atoms in total. The molecule has 0 saturated heterocycles. The highest BCUT2D eigenvalue weighted by Crippen LogP contribution is 2.32. The second kappa shape index (κ2) is 7.19. The molecule has 1 atom stereocenters. The predicted octanol–water partition coefficient (Wildman–Crippen LogP) is 5.46. The Kier molecular flexibility index (Phi) is 5.54. The lowest BCUT2D eigenvalue weighted by Crippen LogP contribution is -2.19. The molecule has 0 radical (unpaired) electrons. The lowest BCUT2D eigenvalue weighted by Gasteiger charge is -2.20. The largest absolute Gasteiger partial charge is 0.495 e. The van der Waals surface area contributed by atoms with Gasteiger partial charge >= 0.3 is 0 Å². The number of methoxy groups -OCH3 is 1. The molecule has 2 rings (SSSR count). The molecule has 0 fully saturated rings. The Hall–Kier alpha value is -1.19. The van der Waals surface area contributed by atoms with E-state index in [4.69, 9.17) is 16.3 Å². The lowest BCUT2D eigenvalue weighted by molar-refractivity contribution is 0.415. The zero-order chi connectivity index (χ0) is 15.4. The average Bonchev–Trinajstić information content (AvgIpc) is 2.44. The highest BCUT2D eigenvalue weighted by molar-refractivity contribution is 9.10. The van der Waals surface area contributed by atoms with Crippen LogP contribution in [0.1, 0.15) is 18.1 Å². The molecular weight excluding hydrogens is 350 g/mol. The van der Waals surface area contributed by atoms with Crippen LogP contribution in [0.2, 0.25) is 5.02 Å². The molecule has 0 aromatic heterocycles. The minimum Gasteiger partial charge on any atom is -0.495 e. The van der Waals surface area contributed by atoms with Gasteiger partial charge in [0.05, 0.1) is 12.8 Å². The van der Waals surface area contributed by atoms with Crippen molar-refractivity contribution in [2.75, 3.05) is 12.4 Å². The van der Waals surface area contributed by atoms with E-state index in [0.29, 0.717) is 6.04 Å². The van der Waals surface area contributed by atoms with Crippen LogP contribution >= 0.6 is 27.5 Å². The molecule has 0 amide bonds. The second-order valence-corrected chi connectivity index (χ2v) is 6.53. The maximum absolute atomic E-state index is 5.92. The van der Waals surface area contributed by atoms with E-state index >= 15 is 0 Å². The van der Waals surface area contributed by atoms with Gasteiger partial charge in [-0.3, -0.25) is 0 Å². The summed E-state index contributed by atoms with van der Waals surface area (Å²) >= 11 is 9.41. The van der Waals surface area contributed by atoms with Crippen molar-refractivity contribution >= 4 is 33.2 Å². The van der Waals surface area contributed by atoms with Crippen LogP contribution in [0.4, 0.5) is 5.69 Å². The van der Waals surface area contributed by atoms with Crippen LogP contribution < -0.4 is 10.1 Å². The fourth-order valence-corrected chi connectivity index (χ4v) is 3.01. The topological polar surface area (TPSA) is 21.3 Å². The van der Waals surface area contributed by atoms with Crippen LogP contribution in [0.3, 0.4) is 0 Å². The van der Waals surface area contributed by atoms with Crippen molar-refractivity contribution in [3.63, 3.8) is 0 Å². The van der Waals surface area contributed by atoms with Gasteiger partial charge in [0.2, 0.25) is 0 Å². The van der Waals surface area contributed by atoms with Crippen LogP contribution in [0.25, 0.3) is 0 Å². The normalized spacial score (nSPS) is 12.0. The minimum absolute atomic E-state index is 0.292. The van der Waals surface area contributed by atoms with Gasteiger partial charge in [-0.25, -0.2) is 0 Å². The molecule has 4 heteroatoms. The van der Waals surface area contributed by atoms with Gasteiger partial charge in [-0.05, 0) is 55.7 Å². The first-order valence-electron chi connectivity index (χ1n) is 6.84. The third-order valence-electron chi connectivity index (χ3n) is 3.33. The molecule has 0 heterocycles. The fourth-order valence-electron chi connectivity index (χ4n) is 2.33. The van der Waals surface area contributed by atoms with Crippen molar-refractivity contribution in [1.82, 2.24) is 0 Å². The van der Waals surface area contributed by atoms with E-state index < -0.39 is 0 Å². The van der Waals surface area contributed by atoms with Crippen LogP contribution in [-0.2, 0) is 6.42 Å². The molecule has 112 valence electrons. The molecule has 0 aliphatic carbocycles. The van der Waals surface area contributed by atoms with Gasteiger partial charge < -0.3 is 10.1 Å². The van der Waals surface area contributed by atoms with E-state index in [1.807, 2.05) is 18.2 Å². The minimum atomic E-state index is 0.292. The first-order chi connectivity index (χ1) is 9.99. The first kappa shape index (κ1) is 16.2. The summed E-state index contributed by atoms with van der Waals surface area (Å²) in [7, 11) is 1.69. The summed E-state index contributed by atoms with van der Waals surface area (Å²) in [6.07, 6.45) is 0.926. The number of halogens is 2. The second-order valence-electron chi connectivity index (χ2n) is 5.18. The Labute approximate surface area is 139 Å². The lowest BCUT2D eigenvalue weighted by atomic mass is 10.1. The van der Waals surface area contributed by atoms with Crippen molar-refractivity contribution in [2.24, 2.45) is 0 Å². The summed E-state index contributed by atoms with van der Waals surface area (Å²) in [5, 5.41) is 4.31. The van der Waals surface area contributed by atoms with E-state index in [-0.39, 0.29) is 0 Å². The highest BCUT2D eigenvalue weighted by atomic mass is 79.9. The van der Waals surface area contributed by atoms with Crippen LogP contribution in [0.5, 0.6) is 5.75 Å². The van der Waals surface area contributed by atoms with Crippen LogP contribution in [-0.4, -0.2) is 13.2 Å². The van der Waals surface area contributed by atoms with Crippen molar-refractivity contribution in [2.45, 2.75) is 26.3 Å². The number of aryl methyl sites for hydroxylation is 1. The average molecular weight is 369 g/mol. The summed E-state index contributed by atoms with van der Waals surface area (Å²) in [4.78, 5) is 0. The molecule has 2 aromatic carbocycles. The van der Waals surface area contributed by atoms with Crippen molar-refractivity contribution in [3.05, 3.63) is 57.0 Å². The van der Waals surface area contributed by atoms with Crippen molar-refractivity contribution < 1.29 is 4.74 Å². The molecule has 2 aromatic rings. The summed E-state index contributed by atoms with van der Waals surface area (Å²) in [5.41, 5.74) is 3.46. The molecule has 1 N–H and O–H groups in total. The van der Waals surface area contributed by atoms with Gasteiger partial charge in [0, 0.05) is 15.5 Å². The molecular formula is C17H19BrClNO. The maximum atomic E-state index is 5.92. The number of anilines is 1. The van der Waals surface area contributed by atoms with Crippen LogP contribution in [0, 0.1) is 6.92 Å². The number of nitrogens with one attached hydrogen (secondary N) is 1. The van der Waals surface area contributed by atoms with E-state index in [1.165, 1.54) is 5.56 Å². The third-order valence-corrected chi connectivity index (χ3v) is 4.04. The first-order valence-corrected chi connectivity index (χ1v) is 8.02. The molecule has 1 unspecified atom stereocenters. The fraction of sp³-hybridized carbons (Fsp3) is 0.294. The third kappa shape index (κ3) is 4.39.